The summed E-state index contributed by atoms with van der Waals surface area (Å²) >= 11 is 6.16. The van der Waals surface area contributed by atoms with Gasteiger partial charge in [-0.1, -0.05) is 35.4 Å². The Morgan fingerprint density at radius 1 is 0.762 bits per heavy atom. The monoisotopic (exact) mass is 637 g/mol. The maximum absolute atomic E-state index is 13.1. The summed E-state index contributed by atoms with van der Waals surface area (Å²) in [6.07, 6.45) is -4.65. The highest BCUT2D eigenvalue weighted by atomic mass is 35.5. The van der Waals surface area contributed by atoms with E-state index in [0.29, 0.717) is 17.3 Å². The molecule has 0 fully saturated rings. The van der Waals surface area contributed by atoms with E-state index in [4.69, 9.17) is 11.6 Å². The summed E-state index contributed by atoms with van der Waals surface area (Å²) in [5.74, 6) is -0.702. The fraction of sp³-hybridized carbons (Fsp3) is 0.107. The third-order valence-corrected chi connectivity index (χ3v) is 9.22. The summed E-state index contributed by atoms with van der Waals surface area (Å²) in [6.45, 7) is 3.61. The first-order valence-electron chi connectivity index (χ1n) is 12.1. The predicted octanol–water partition coefficient (Wildman–Crippen LogP) is 6.83. The smallest absolute Gasteiger partial charge is 0.322 e. The second-order valence-electron chi connectivity index (χ2n) is 9.23. The zero-order valence-electron chi connectivity index (χ0n) is 22.0. The van der Waals surface area contributed by atoms with Crippen LogP contribution in [0.25, 0.3) is 0 Å². The van der Waals surface area contributed by atoms with Crippen molar-refractivity contribution in [3.05, 3.63) is 112 Å². The molecule has 0 radical (unpaired) electrons. The Labute approximate surface area is 245 Å². The molecule has 0 bridgehead atoms. The van der Waals surface area contributed by atoms with E-state index in [1.807, 2.05) is 6.92 Å². The van der Waals surface area contributed by atoms with Crippen LogP contribution in [0.5, 0.6) is 0 Å². The molecule has 4 aromatic rings. The lowest BCUT2D eigenvalue weighted by Crippen LogP contribution is -2.17. The quantitative estimate of drug-likeness (QED) is 0.196. The van der Waals surface area contributed by atoms with Crippen molar-refractivity contribution in [3.8, 4) is 0 Å². The van der Waals surface area contributed by atoms with Gasteiger partial charge in [0.1, 0.15) is 4.90 Å². The number of anilines is 3. The Morgan fingerprint density at radius 3 is 2.10 bits per heavy atom. The second kappa shape index (κ2) is 11.7. The number of sulfonamides is 2. The Balaban J connectivity index is 1.50. The number of alkyl halides is 3. The summed E-state index contributed by atoms with van der Waals surface area (Å²) < 4.78 is 95.0. The van der Waals surface area contributed by atoms with Gasteiger partial charge < -0.3 is 5.32 Å². The summed E-state index contributed by atoms with van der Waals surface area (Å²) in [5, 5.41) is 2.43. The molecule has 4 aromatic carbocycles. The van der Waals surface area contributed by atoms with Gasteiger partial charge in [0.05, 0.1) is 21.2 Å². The number of benzene rings is 4. The van der Waals surface area contributed by atoms with Crippen LogP contribution in [0.1, 0.15) is 27.0 Å². The Hall–Kier alpha value is -4.07. The average molecular weight is 638 g/mol. The van der Waals surface area contributed by atoms with Crippen molar-refractivity contribution >= 4 is 54.6 Å². The van der Waals surface area contributed by atoms with Crippen LogP contribution in [0.4, 0.5) is 30.2 Å². The van der Waals surface area contributed by atoms with E-state index in [9.17, 15) is 34.8 Å². The highest BCUT2D eigenvalue weighted by molar-refractivity contribution is 7.93. The van der Waals surface area contributed by atoms with E-state index >= 15 is 0 Å². The van der Waals surface area contributed by atoms with Gasteiger partial charge in [-0.2, -0.15) is 13.2 Å². The van der Waals surface area contributed by atoms with Crippen molar-refractivity contribution in [1.82, 2.24) is 0 Å². The molecular weight excluding hydrogens is 615 g/mol. The van der Waals surface area contributed by atoms with E-state index < -0.39 is 37.7 Å². The number of halogens is 4. The first-order chi connectivity index (χ1) is 19.5. The Kier molecular flexibility index (Phi) is 8.58. The summed E-state index contributed by atoms with van der Waals surface area (Å²) in [4.78, 5) is 12.3. The predicted molar refractivity (Wildman–Crippen MR) is 155 cm³/mol. The standard InChI is InChI=1S/C28H23ClF3N3O5S2/c1-17-6-13-25(18(2)14-17)35-42(39,40)26-15-19(7-12-24(26)29)27(36)33-21-8-10-23(11-9-21)41(37,38)34-22-5-3-4-20(16-22)28(30,31)32/h3-16,34-35H,1-2H3,(H,33,36). The molecule has 0 spiro atoms. The topological polar surface area (TPSA) is 121 Å². The molecule has 0 aliphatic rings. The maximum Gasteiger partial charge on any atom is 0.416 e. The molecule has 8 nitrogen and oxygen atoms in total. The molecule has 220 valence electrons. The van der Waals surface area contributed by atoms with E-state index in [2.05, 4.69) is 14.8 Å². The molecule has 0 saturated carbocycles. The number of aryl methyl sites for hydroxylation is 2. The minimum atomic E-state index is -4.65. The van der Waals surface area contributed by atoms with Crippen LogP contribution in [0, 0.1) is 13.8 Å². The molecule has 0 aliphatic carbocycles. The molecule has 0 atom stereocenters. The van der Waals surface area contributed by atoms with E-state index in [0.717, 1.165) is 35.9 Å². The molecule has 0 aromatic heterocycles. The van der Waals surface area contributed by atoms with Crippen molar-refractivity contribution in [2.45, 2.75) is 29.8 Å². The van der Waals surface area contributed by atoms with E-state index in [1.165, 1.54) is 30.3 Å². The first-order valence-corrected chi connectivity index (χ1v) is 15.4. The molecule has 0 aliphatic heterocycles. The molecule has 4 rings (SSSR count). The molecule has 1 amide bonds. The fourth-order valence-electron chi connectivity index (χ4n) is 3.87. The number of hydrogen-bond acceptors (Lipinski definition) is 5. The van der Waals surface area contributed by atoms with Crippen molar-refractivity contribution in [1.29, 1.82) is 0 Å². The van der Waals surface area contributed by atoms with Gasteiger partial charge in [-0.15, -0.1) is 0 Å². The largest absolute Gasteiger partial charge is 0.416 e. The zero-order valence-corrected chi connectivity index (χ0v) is 24.3. The second-order valence-corrected chi connectivity index (χ2v) is 13.0. The van der Waals surface area contributed by atoms with Crippen LogP contribution in [0.2, 0.25) is 5.02 Å². The minimum Gasteiger partial charge on any atom is -0.322 e. The zero-order chi connectivity index (χ0) is 30.9. The highest BCUT2D eigenvalue weighted by Crippen LogP contribution is 2.31. The first kappa shape index (κ1) is 30.9. The number of amides is 1. The van der Waals surface area contributed by atoms with Gasteiger partial charge in [0.15, 0.2) is 0 Å². The van der Waals surface area contributed by atoms with Gasteiger partial charge in [0, 0.05) is 16.9 Å². The van der Waals surface area contributed by atoms with Gasteiger partial charge >= 0.3 is 6.18 Å². The van der Waals surface area contributed by atoms with E-state index in [1.54, 1.807) is 25.1 Å². The van der Waals surface area contributed by atoms with Crippen molar-refractivity contribution < 1.29 is 34.8 Å². The van der Waals surface area contributed by atoms with E-state index in [-0.39, 0.29) is 31.8 Å². The van der Waals surface area contributed by atoms with Crippen LogP contribution in [0.3, 0.4) is 0 Å². The lowest BCUT2D eigenvalue weighted by Gasteiger charge is -2.14. The third kappa shape index (κ3) is 7.22. The average Bonchev–Trinajstić information content (AvgIpc) is 2.90. The normalized spacial score (nSPS) is 12.0. The molecular formula is C28H23ClF3N3O5S2. The minimum absolute atomic E-state index is 0.0386. The third-order valence-electron chi connectivity index (χ3n) is 5.97. The van der Waals surface area contributed by atoms with Crippen molar-refractivity contribution in [2.75, 3.05) is 14.8 Å². The Morgan fingerprint density at radius 2 is 1.45 bits per heavy atom. The number of carbonyl (C=O) groups excluding carboxylic acids is 1. The molecule has 0 saturated heterocycles. The number of hydrogen-bond donors (Lipinski definition) is 3. The van der Waals surface area contributed by atoms with Crippen molar-refractivity contribution in [2.24, 2.45) is 0 Å². The van der Waals surface area contributed by atoms with Crippen LogP contribution < -0.4 is 14.8 Å². The number of nitrogens with one attached hydrogen (secondary N) is 3. The molecule has 0 heterocycles. The van der Waals surface area contributed by atoms with Crippen LogP contribution >= 0.6 is 11.6 Å². The van der Waals surface area contributed by atoms with Crippen molar-refractivity contribution in [3.63, 3.8) is 0 Å². The molecule has 3 N–H and O–H groups in total. The van der Waals surface area contributed by atoms with Crippen LogP contribution in [0.15, 0.2) is 94.7 Å². The highest BCUT2D eigenvalue weighted by Gasteiger charge is 2.31. The maximum atomic E-state index is 13.1. The number of carbonyl (C=O) groups is 1. The molecule has 42 heavy (non-hydrogen) atoms. The van der Waals surface area contributed by atoms with Gasteiger partial charge in [0.25, 0.3) is 26.0 Å². The molecule has 14 heteroatoms. The lowest BCUT2D eigenvalue weighted by molar-refractivity contribution is -0.137. The lowest BCUT2D eigenvalue weighted by atomic mass is 10.1. The Bertz CT molecular complexity index is 1880. The van der Waals surface area contributed by atoms with Crippen LogP contribution in [-0.2, 0) is 26.2 Å². The number of rotatable bonds is 8. The van der Waals surface area contributed by atoms with Gasteiger partial charge in [0.2, 0.25) is 0 Å². The SMILES string of the molecule is Cc1ccc(NS(=O)(=O)c2cc(C(=O)Nc3ccc(S(=O)(=O)Nc4cccc(C(F)(F)F)c4)cc3)ccc2Cl)c(C)c1. The molecule has 0 unspecified atom stereocenters. The summed E-state index contributed by atoms with van der Waals surface area (Å²) in [7, 11) is -8.41. The fourth-order valence-corrected chi connectivity index (χ4v) is 6.58. The van der Waals surface area contributed by atoms with Gasteiger partial charge in [-0.25, -0.2) is 16.8 Å². The summed E-state index contributed by atoms with van der Waals surface area (Å²) in [5.41, 5.74) is 0.838. The summed E-state index contributed by atoms with van der Waals surface area (Å²) in [6, 6.07) is 17.5. The van der Waals surface area contributed by atoms with Gasteiger partial charge in [-0.3, -0.25) is 14.2 Å². The van der Waals surface area contributed by atoms with Gasteiger partial charge in [-0.05, 0) is 86.1 Å². The van der Waals surface area contributed by atoms with Crippen LogP contribution in [-0.4, -0.2) is 22.7 Å².